The molecular weight excluding hydrogens is 338 g/mol. The molecule has 4 rings (SSSR count). The Bertz CT molecular complexity index is 807. The van der Waals surface area contributed by atoms with Crippen LogP contribution in [-0.2, 0) is 0 Å². The predicted octanol–water partition coefficient (Wildman–Crippen LogP) is 2.39. The highest BCUT2D eigenvalue weighted by atomic mass is 32.1. The first kappa shape index (κ1) is 16.4. The highest BCUT2D eigenvalue weighted by Gasteiger charge is 2.35. The van der Waals surface area contributed by atoms with Crippen LogP contribution in [0.1, 0.15) is 23.8 Å². The van der Waals surface area contributed by atoms with Gasteiger partial charge in [-0.2, -0.15) is 0 Å². The molecule has 6 nitrogen and oxygen atoms in total. The first-order valence-electron chi connectivity index (χ1n) is 8.43. The van der Waals surface area contributed by atoms with Crippen molar-refractivity contribution in [1.82, 2.24) is 9.88 Å². The fourth-order valence-electron chi connectivity index (χ4n) is 3.21. The van der Waals surface area contributed by atoms with Gasteiger partial charge >= 0.3 is 0 Å². The molecule has 1 amide bonds. The van der Waals surface area contributed by atoms with E-state index < -0.39 is 0 Å². The molecule has 1 saturated heterocycles. The Kier molecular flexibility index (Phi) is 4.13. The molecule has 0 spiro atoms. The van der Waals surface area contributed by atoms with Gasteiger partial charge in [0.1, 0.15) is 23.9 Å². The van der Waals surface area contributed by atoms with Crippen LogP contribution in [0.2, 0.25) is 0 Å². The molecule has 25 heavy (non-hydrogen) atoms. The Morgan fingerprint density at radius 2 is 2.16 bits per heavy atom. The highest BCUT2D eigenvalue weighted by molar-refractivity contribution is 7.13. The average molecular weight is 359 g/mol. The van der Waals surface area contributed by atoms with Gasteiger partial charge in [0.25, 0.3) is 5.91 Å². The van der Waals surface area contributed by atoms with Gasteiger partial charge in [-0.05, 0) is 36.6 Å². The molecule has 0 saturated carbocycles. The smallest absolute Gasteiger partial charge is 0.273 e. The van der Waals surface area contributed by atoms with Crippen molar-refractivity contribution in [1.29, 1.82) is 0 Å². The fourth-order valence-corrected chi connectivity index (χ4v) is 4.00. The van der Waals surface area contributed by atoms with Crippen molar-refractivity contribution in [3.05, 3.63) is 29.3 Å². The molecule has 1 aromatic carbocycles. The molecule has 3 heterocycles. The van der Waals surface area contributed by atoms with Gasteiger partial charge in [0.05, 0.1) is 0 Å². The Morgan fingerprint density at radius 3 is 2.92 bits per heavy atom. The van der Waals surface area contributed by atoms with E-state index in [0.717, 1.165) is 35.0 Å². The number of fused-ring (bicyclic) bond motifs is 1. The van der Waals surface area contributed by atoms with E-state index in [0.29, 0.717) is 32.0 Å². The second-order valence-corrected chi connectivity index (χ2v) is 7.75. The van der Waals surface area contributed by atoms with Crippen LogP contribution in [0.4, 0.5) is 0 Å². The summed E-state index contributed by atoms with van der Waals surface area (Å²) in [4.78, 5) is 19.1. The first-order valence-corrected chi connectivity index (χ1v) is 9.31. The number of carbonyl (C=O) groups excluding carboxylic acids is 1. The normalized spacial score (nSPS) is 22.2. The van der Waals surface area contributed by atoms with Crippen molar-refractivity contribution < 1.29 is 14.3 Å². The van der Waals surface area contributed by atoms with E-state index in [-0.39, 0.29) is 11.3 Å². The molecule has 2 aliphatic rings. The van der Waals surface area contributed by atoms with Gasteiger partial charge in [-0.1, -0.05) is 6.92 Å². The van der Waals surface area contributed by atoms with E-state index >= 15 is 0 Å². The van der Waals surface area contributed by atoms with Crippen molar-refractivity contribution in [2.24, 2.45) is 11.1 Å². The summed E-state index contributed by atoms with van der Waals surface area (Å²) in [7, 11) is 0. The minimum Gasteiger partial charge on any atom is -0.486 e. The lowest BCUT2D eigenvalue weighted by atomic mass is 9.90. The van der Waals surface area contributed by atoms with Crippen molar-refractivity contribution in [3.63, 3.8) is 0 Å². The number of carbonyl (C=O) groups is 1. The first-order chi connectivity index (χ1) is 12.1. The summed E-state index contributed by atoms with van der Waals surface area (Å²) in [5.41, 5.74) is 7.28. The number of likely N-dealkylation sites (tertiary alicyclic amines) is 1. The monoisotopic (exact) mass is 359 g/mol. The molecular formula is C18H21N3O3S. The molecule has 7 heteroatoms. The topological polar surface area (TPSA) is 77.7 Å². The third-order valence-electron chi connectivity index (χ3n) is 4.85. The minimum atomic E-state index is -0.0165. The predicted molar refractivity (Wildman–Crippen MR) is 96.2 cm³/mol. The van der Waals surface area contributed by atoms with E-state index in [1.54, 1.807) is 0 Å². The van der Waals surface area contributed by atoms with Crippen LogP contribution in [0.15, 0.2) is 23.6 Å². The zero-order valence-electron chi connectivity index (χ0n) is 14.2. The highest BCUT2D eigenvalue weighted by Crippen LogP contribution is 2.36. The third-order valence-corrected chi connectivity index (χ3v) is 5.74. The lowest BCUT2D eigenvalue weighted by Gasteiger charge is -2.22. The van der Waals surface area contributed by atoms with E-state index in [1.807, 2.05) is 28.5 Å². The second kappa shape index (κ2) is 6.31. The molecule has 1 atom stereocenters. The summed E-state index contributed by atoms with van der Waals surface area (Å²) in [6, 6.07) is 5.75. The Morgan fingerprint density at radius 1 is 1.36 bits per heavy atom. The van der Waals surface area contributed by atoms with Crippen molar-refractivity contribution in [2.75, 3.05) is 32.8 Å². The quantitative estimate of drug-likeness (QED) is 0.910. The van der Waals surface area contributed by atoms with Crippen LogP contribution in [-0.4, -0.2) is 48.6 Å². The van der Waals surface area contributed by atoms with Crippen molar-refractivity contribution in [3.8, 4) is 22.1 Å². The molecule has 1 aromatic heterocycles. The van der Waals surface area contributed by atoms with Crippen molar-refractivity contribution in [2.45, 2.75) is 13.3 Å². The second-order valence-electron chi connectivity index (χ2n) is 6.89. The standard InChI is InChI=1S/C18H21N3O3S/c1-18(10-19)4-5-21(11-18)17(22)13-9-25-16(20-13)12-2-3-14-15(8-12)24-7-6-23-14/h2-3,8-9H,4-7,10-11,19H2,1H3. The number of benzene rings is 1. The van der Waals surface area contributed by atoms with E-state index in [9.17, 15) is 4.79 Å². The maximum absolute atomic E-state index is 12.7. The molecule has 1 unspecified atom stereocenters. The molecule has 2 aromatic rings. The molecule has 2 aliphatic heterocycles. The summed E-state index contributed by atoms with van der Waals surface area (Å²) in [5.74, 6) is 1.46. The van der Waals surface area contributed by atoms with Crippen molar-refractivity contribution >= 4 is 17.2 Å². The maximum Gasteiger partial charge on any atom is 0.273 e. The van der Waals surface area contributed by atoms with E-state index in [2.05, 4.69) is 11.9 Å². The lowest BCUT2D eigenvalue weighted by Crippen LogP contribution is -2.34. The SMILES string of the molecule is CC1(CN)CCN(C(=O)c2csc(-c3ccc4c(c3)OCCO4)n2)C1. The zero-order chi connectivity index (χ0) is 17.4. The minimum absolute atomic E-state index is 0.0165. The van der Waals surface area contributed by atoms with Gasteiger partial charge in [-0.25, -0.2) is 4.98 Å². The number of aromatic nitrogens is 1. The Labute approximate surface area is 150 Å². The third kappa shape index (κ3) is 3.09. The van der Waals surface area contributed by atoms with Crippen LogP contribution in [0.3, 0.4) is 0 Å². The van der Waals surface area contributed by atoms with Gasteiger partial charge < -0.3 is 20.1 Å². The summed E-state index contributed by atoms with van der Waals surface area (Å²) >= 11 is 1.47. The number of ether oxygens (including phenoxy) is 2. The van der Waals surface area contributed by atoms with Gasteiger partial charge in [-0.3, -0.25) is 4.79 Å². The van der Waals surface area contributed by atoms with Crippen LogP contribution in [0, 0.1) is 5.41 Å². The number of amides is 1. The van der Waals surface area contributed by atoms with E-state index in [1.165, 1.54) is 11.3 Å². The zero-order valence-corrected chi connectivity index (χ0v) is 15.0. The van der Waals surface area contributed by atoms with Crippen LogP contribution < -0.4 is 15.2 Å². The van der Waals surface area contributed by atoms with E-state index in [4.69, 9.17) is 15.2 Å². The number of rotatable bonds is 3. The maximum atomic E-state index is 12.7. The summed E-state index contributed by atoms with van der Waals surface area (Å²) in [6.45, 7) is 5.27. The summed E-state index contributed by atoms with van der Waals surface area (Å²) in [6.07, 6.45) is 0.939. The molecule has 0 bridgehead atoms. The lowest BCUT2D eigenvalue weighted by molar-refractivity contribution is 0.0772. The number of thiazole rings is 1. The van der Waals surface area contributed by atoms with Gasteiger partial charge in [-0.15, -0.1) is 11.3 Å². The number of hydrogen-bond donors (Lipinski definition) is 1. The van der Waals surface area contributed by atoms with Crippen LogP contribution in [0.25, 0.3) is 10.6 Å². The summed E-state index contributed by atoms with van der Waals surface area (Å²) < 4.78 is 11.2. The van der Waals surface area contributed by atoms with Gasteiger partial charge in [0.2, 0.25) is 0 Å². The number of nitrogens with two attached hydrogens (primary N) is 1. The van der Waals surface area contributed by atoms with Gasteiger partial charge in [0.15, 0.2) is 11.5 Å². The number of nitrogens with zero attached hydrogens (tertiary/aromatic N) is 2. The Hall–Kier alpha value is -2.12. The fraction of sp³-hybridized carbons (Fsp3) is 0.444. The molecule has 0 radical (unpaired) electrons. The largest absolute Gasteiger partial charge is 0.486 e. The molecule has 1 fully saturated rings. The number of hydrogen-bond acceptors (Lipinski definition) is 6. The molecule has 0 aliphatic carbocycles. The van der Waals surface area contributed by atoms with Crippen LogP contribution in [0.5, 0.6) is 11.5 Å². The van der Waals surface area contributed by atoms with Gasteiger partial charge in [0, 0.05) is 24.0 Å². The molecule has 132 valence electrons. The molecule has 2 N–H and O–H groups in total. The average Bonchev–Trinajstić information content (AvgIpc) is 3.28. The summed E-state index contributed by atoms with van der Waals surface area (Å²) in [5, 5.41) is 2.63. The van der Waals surface area contributed by atoms with Crippen LogP contribution >= 0.6 is 11.3 Å². The Balaban J connectivity index is 1.53.